The summed E-state index contributed by atoms with van der Waals surface area (Å²) in [5.41, 5.74) is 6.08. The molecule has 19 heavy (non-hydrogen) atoms. The van der Waals surface area contributed by atoms with Crippen LogP contribution in [0.4, 0.5) is 5.82 Å². The third kappa shape index (κ3) is 2.80. The highest BCUT2D eigenvalue weighted by Crippen LogP contribution is 2.21. The molecule has 2 aromatic rings. The zero-order valence-electron chi connectivity index (χ0n) is 11.9. The molecule has 0 amide bonds. The van der Waals surface area contributed by atoms with Gasteiger partial charge in [-0.25, -0.2) is 0 Å². The van der Waals surface area contributed by atoms with Gasteiger partial charge in [0.15, 0.2) is 0 Å². The predicted octanol–water partition coefficient (Wildman–Crippen LogP) is 3.58. The Labute approximate surface area is 114 Å². The fraction of sp³-hybridized carbons (Fsp3) is 0.438. The molecule has 3 heteroatoms. The molecule has 0 aliphatic heterocycles. The first-order valence-corrected chi connectivity index (χ1v) is 6.90. The number of nitrogens with two attached hydrogens (primary N) is 1. The van der Waals surface area contributed by atoms with Crippen LogP contribution in [0.3, 0.4) is 0 Å². The monoisotopic (exact) mass is 258 g/mol. The highest BCUT2D eigenvalue weighted by atomic mass is 16.1. The van der Waals surface area contributed by atoms with E-state index in [1.807, 2.05) is 30.3 Å². The van der Waals surface area contributed by atoms with Gasteiger partial charge >= 0.3 is 0 Å². The van der Waals surface area contributed by atoms with Crippen LogP contribution in [0.5, 0.6) is 0 Å². The molecule has 0 radical (unpaired) electrons. The summed E-state index contributed by atoms with van der Waals surface area (Å²) < 4.78 is 1.73. The summed E-state index contributed by atoms with van der Waals surface area (Å²) in [5, 5.41) is 1.66. The van der Waals surface area contributed by atoms with Gasteiger partial charge in [0.05, 0.1) is 0 Å². The highest BCUT2D eigenvalue weighted by Gasteiger charge is 2.13. The van der Waals surface area contributed by atoms with Crippen LogP contribution in [0.2, 0.25) is 0 Å². The fourth-order valence-electron chi connectivity index (χ4n) is 2.45. The van der Waals surface area contributed by atoms with Crippen molar-refractivity contribution in [2.75, 3.05) is 5.73 Å². The normalized spacial score (nSPS) is 13.1. The molecular weight excluding hydrogens is 236 g/mol. The standard InChI is InChI=1S/C16H22N2O/c1-11(2)8-9-12(3)18-15(17)10-13-6-4-5-7-14(13)16(18)19/h4-7,10-12H,8-9,17H2,1-3H3. The second-order valence-electron chi connectivity index (χ2n) is 5.65. The Morgan fingerprint density at radius 1 is 1.16 bits per heavy atom. The number of benzene rings is 1. The summed E-state index contributed by atoms with van der Waals surface area (Å²) >= 11 is 0. The molecule has 2 rings (SSSR count). The van der Waals surface area contributed by atoms with Gasteiger partial charge in [-0.15, -0.1) is 0 Å². The summed E-state index contributed by atoms with van der Waals surface area (Å²) in [6.45, 7) is 6.45. The number of anilines is 1. The Morgan fingerprint density at radius 2 is 1.84 bits per heavy atom. The maximum Gasteiger partial charge on any atom is 0.260 e. The van der Waals surface area contributed by atoms with Crippen molar-refractivity contribution in [3.63, 3.8) is 0 Å². The van der Waals surface area contributed by atoms with Gasteiger partial charge in [0.2, 0.25) is 0 Å². The van der Waals surface area contributed by atoms with Gasteiger partial charge in [-0.05, 0) is 43.2 Å². The molecule has 1 atom stereocenters. The van der Waals surface area contributed by atoms with E-state index in [2.05, 4.69) is 20.8 Å². The number of hydrogen-bond acceptors (Lipinski definition) is 2. The van der Waals surface area contributed by atoms with Gasteiger partial charge in [-0.1, -0.05) is 32.0 Å². The van der Waals surface area contributed by atoms with E-state index in [9.17, 15) is 4.79 Å². The lowest BCUT2D eigenvalue weighted by Crippen LogP contribution is -2.26. The average Bonchev–Trinajstić information content (AvgIpc) is 2.36. The molecule has 0 fully saturated rings. The second kappa shape index (κ2) is 5.47. The van der Waals surface area contributed by atoms with Gasteiger partial charge in [-0.2, -0.15) is 0 Å². The van der Waals surface area contributed by atoms with E-state index in [0.29, 0.717) is 11.7 Å². The first kappa shape index (κ1) is 13.7. The van der Waals surface area contributed by atoms with Crippen LogP contribution >= 0.6 is 0 Å². The molecule has 3 nitrogen and oxygen atoms in total. The Hall–Kier alpha value is -1.77. The largest absolute Gasteiger partial charge is 0.385 e. The van der Waals surface area contributed by atoms with Crippen molar-refractivity contribution >= 4 is 16.6 Å². The molecule has 1 heterocycles. The Morgan fingerprint density at radius 3 is 2.53 bits per heavy atom. The predicted molar refractivity (Wildman–Crippen MR) is 81.4 cm³/mol. The van der Waals surface area contributed by atoms with Crippen molar-refractivity contribution in [2.45, 2.75) is 39.7 Å². The van der Waals surface area contributed by atoms with Gasteiger partial charge in [-0.3, -0.25) is 9.36 Å². The maximum absolute atomic E-state index is 12.5. The zero-order valence-corrected chi connectivity index (χ0v) is 11.9. The summed E-state index contributed by atoms with van der Waals surface area (Å²) in [7, 11) is 0. The van der Waals surface area contributed by atoms with Crippen molar-refractivity contribution in [1.29, 1.82) is 0 Å². The molecule has 0 aliphatic rings. The third-order valence-electron chi connectivity index (χ3n) is 3.59. The van der Waals surface area contributed by atoms with E-state index in [1.54, 1.807) is 4.57 Å². The molecule has 2 N–H and O–H groups in total. The minimum Gasteiger partial charge on any atom is -0.385 e. The van der Waals surface area contributed by atoms with Gasteiger partial charge in [0.25, 0.3) is 5.56 Å². The molecular formula is C16H22N2O. The van der Waals surface area contributed by atoms with Gasteiger partial charge < -0.3 is 5.73 Å². The van der Waals surface area contributed by atoms with E-state index in [4.69, 9.17) is 5.73 Å². The number of pyridine rings is 1. The summed E-state index contributed by atoms with van der Waals surface area (Å²) in [6.07, 6.45) is 2.07. The minimum atomic E-state index is 0.0202. The fourth-order valence-corrected chi connectivity index (χ4v) is 2.45. The number of hydrogen-bond donors (Lipinski definition) is 1. The van der Waals surface area contributed by atoms with Crippen LogP contribution in [0.1, 0.15) is 39.7 Å². The van der Waals surface area contributed by atoms with Gasteiger partial charge in [0, 0.05) is 11.4 Å². The van der Waals surface area contributed by atoms with Crippen molar-refractivity contribution in [2.24, 2.45) is 5.92 Å². The van der Waals surface area contributed by atoms with Crippen LogP contribution in [-0.4, -0.2) is 4.57 Å². The first-order valence-electron chi connectivity index (χ1n) is 6.90. The Kier molecular flexibility index (Phi) is 3.93. The SMILES string of the molecule is CC(C)CCC(C)n1c(N)cc2ccccc2c1=O. The van der Waals surface area contributed by atoms with E-state index >= 15 is 0 Å². The number of aromatic nitrogens is 1. The quantitative estimate of drug-likeness (QED) is 0.911. The van der Waals surface area contributed by atoms with Crippen molar-refractivity contribution in [3.05, 3.63) is 40.7 Å². The molecule has 1 aromatic carbocycles. The second-order valence-corrected chi connectivity index (χ2v) is 5.65. The van der Waals surface area contributed by atoms with Crippen LogP contribution in [0, 0.1) is 5.92 Å². The van der Waals surface area contributed by atoms with E-state index in [0.717, 1.165) is 23.6 Å². The summed E-state index contributed by atoms with van der Waals surface area (Å²) in [6, 6.07) is 9.64. The minimum absolute atomic E-state index is 0.0202. The number of nitrogen functional groups attached to an aromatic ring is 1. The highest BCUT2D eigenvalue weighted by molar-refractivity contribution is 5.83. The van der Waals surface area contributed by atoms with E-state index < -0.39 is 0 Å². The molecule has 102 valence electrons. The lowest BCUT2D eigenvalue weighted by atomic mass is 10.0. The average molecular weight is 258 g/mol. The lowest BCUT2D eigenvalue weighted by Gasteiger charge is -2.19. The summed E-state index contributed by atoms with van der Waals surface area (Å²) in [5.74, 6) is 1.19. The molecule has 0 bridgehead atoms. The number of rotatable bonds is 4. The molecule has 0 spiro atoms. The molecule has 0 saturated carbocycles. The third-order valence-corrected chi connectivity index (χ3v) is 3.59. The van der Waals surface area contributed by atoms with Crippen molar-refractivity contribution in [1.82, 2.24) is 4.57 Å². The number of fused-ring (bicyclic) bond motifs is 1. The van der Waals surface area contributed by atoms with E-state index in [1.165, 1.54) is 0 Å². The zero-order chi connectivity index (χ0) is 14.0. The summed E-state index contributed by atoms with van der Waals surface area (Å²) in [4.78, 5) is 12.5. The van der Waals surface area contributed by atoms with Crippen LogP contribution < -0.4 is 11.3 Å². The molecule has 1 aromatic heterocycles. The van der Waals surface area contributed by atoms with Crippen molar-refractivity contribution < 1.29 is 0 Å². The van der Waals surface area contributed by atoms with Crippen LogP contribution in [0.25, 0.3) is 10.8 Å². The Balaban J connectivity index is 2.45. The topological polar surface area (TPSA) is 48.0 Å². The van der Waals surface area contributed by atoms with E-state index in [-0.39, 0.29) is 11.6 Å². The molecule has 0 saturated heterocycles. The lowest BCUT2D eigenvalue weighted by molar-refractivity contribution is 0.436. The van der Waals surface area contributed by atoms with Crippen molar-refractivity contribution in [3.8, 4) is 0 Å². The van der Waals surface area contributed by atoms with Crippen LogP contribution in [0.15, 0.2) is 35.1 Å². The first-order chi connectivity index (χ1) is 9.00. The molecule has 1 unspecified atom stereocenters. The molecule has 0 aliphatic carbocycles. The number of nitrogens with zero attached hydrogens (tertiary/aromatic N) is 1. The van der Waals surface area contributed by atoms with Crippen LogP contribution in [-0.2, 0) is 0 Å². The smallest absolute Gasteiger partial charge is 0.260 e. The maximum atomic E-state index is 12.5. The Bertz CT molecular complexity index is 628. The van der Waals surface area contributed by atoms with Gasteiger partial charge in [0.1, 0.15) is 5.82 Å².